The summed E-state index contributed by atoms with van der Waals surface area (Å²) in [7, 11) is 0. The lowest BCUT2D eigenvalue weighted by Crippen LogP contribution is -2.11. The van der Waals surface area contributed by atoms with Crippen LogP contribution in [-0.4, -0.2) is 4.57 Å². The van der Waals surface area contributed by atoms with E-state index in [1.54, 1.807) is 0 Å². The molecule has 2 heterocycles. The molecule has 69 heavy (non-hydrogen) atoms. The summed E-state index contributed by atoms with van der Waals surface area (Å²) in [6.45, 7) is 0. The first-order valence-corrected chi connectivity index (χ1v) is 23.6. The van der Waals surface area contributed by atoms with Gasteiger partial charge in [0.05, 0.1) is 22.4 Å². The first-order chi connectivity index (χ1) is 34.2. The van der Waals surface area contributed by atoms with Crippen LogP contribution in [0.5, 0.6) is 0 Å². The maximum Gasteiger partial charge on any atom is 0.143 e. The van der Waals surface area contributed by atoms with Crippen LogP contribution in [-0.2, 0) is 0 Å². The standard InChI is InChI=1S/C66H44N2O/c1-2-19-46(20-3-1)52-25-4-5-26-53(52)49-23-17-24-51(44-49)67(62-35-12-9-30-57(62)59-32-18-33-60-58-31-10-15-38-65(58)69-66(59)60)50-41-39-45(40-42-50)47-21-16-22-48(43-47)54-27-6-11-34-61(54)68-63-36-13-7-28-55(63)56-29-8-14-37-64(56)68/h1-44H. The van der Waals surface area contributed by atoms with E-state index in [-0.39, 0.29) is 0 Å². The lowest BCUT2D eigenvalue weighted by atomic mass is 9.94. The van der Waals surface area contributed by atoms with Gasteiger partial charge in [0, 0.05) is 49.6 Å². The number of anilines is 3. The number of rotatable bonds is 9. The van der Waals surface area contributed by atoms with Crippen LogP contribution in [0.15, 0.2) is 271 Å². The Balaban J connectivity index is 0.939. The summed E-state index contributed by atoms with van der Waals surface area (Å²) in [4.78, 5) is 2.40. The van der Waals surface area contributed by atoms with Crippen molar-refractivity contribution < 1.29 is 4.42 Å². The minimum absolute atomic E-state index is 0.881. The highest BCUT2D eigenvalue weighted by atomic mass is 16.3. The molecule has 0 fully saturated rings. The molecule has 3 nitrogen and oxygen atoms in total. The second-order valence-electron chi connectivity index (χ2n) is 17.6. The molecule has 0 unspecified atom stereocenters. The lowest BCUT2D eigenvalue weighted by molar-refractivity contribution is 0.670. The summed E-state index contributed by atoms with van der Waals surface area (Å²) in [5, 5.41) is 4.73. The summed E-state index contributed by atoms with van der Waals surface area (Å²) in [6.07, 6.45) is 0. The van der Waals surface area contributed by atoms with Gasteiger partial charge >= 0.3 is 0 Å². The highest BCUT2D eigenvalue weighted by Gasteiger charge is 2.22. The van der Waals surface area contributed by atoms with E-state index in [0.29, 0.717) is 0 Å². The Hall–Kier alpha value is -9.18. The molecule has 0 spiro atoms. The third kappa shape index (κ3) is 6.99. The average molecular weight is 881 g/mol. The summed E-state index contributed by atoms with van der Waals surface area (Å²) in [5.41, 5.74) is 19.9. The molecule has 0 bridgehead atoms. The van der Waals surface area contributed by atoms with E-state index in [0.717, 1.165) is 78.1 Å². The van der Waals surface area contributed by atoms with Crippen molar-refractivity contribution in [2.24, 2.45) is 0 Å². The van der Waals surface area contributed by atoms with Crippen LogP contribution in [0.25, 0.3) is 105 Å². The van der Waals surface area contributed by atoms with E-state index in [9.17, 15) is 0 Å². The van der Waals surface area contributed by atoms with Crippen LogP contribution < -0.4 is 4.90 Å². The van der Waals surface area contributed by atoms with Crippen LogP contribution >= 0.6 is 0 Å². The van der Waals surface area contributed by atoms with Crippen molar-refractivity contribution in [1.29, 1.82) is 0 Å². The number of nitrogens with zero attached hydrogens (tertiary/aromatic N) is 2. The number of furan rings is 1. The van der Waals surface area contributed by atoms with Gasteiger partial charge in [0.15, 0.2) is 0 Å². The topological polar surface area (TPSA) is 21.3 Å². The van der Waals surface area contributed by atoms with E-state index >= 15 is 0 Å². The fourth-order valence-electron chi connectivity index (χ4n) is 10.5. The Morgan fingerprint density at radius 2 is 0.812 bits per heavy atom. The first-order valence-electron chi connectivity index (χ1n) is 23.6. The third-order valence-electron chi connectivity index (χ3n) is 13.6. The van der Waals surface area contributed by atoms with Gasteiger partial charge in [-0.15, -0.1) is 0 Å². The van der Waals surface area contributed by atoms with Crippen LogP contribution in [0.4, 0.5) is 17.1 Å². The lowest BCUT2D eigenvalue weighted by Gasteiger charge is -2.28. The van der Waals surface area contributed by atoms with Gasteiger partial charge in [0.25, 0.3) is 0 Å². The molecule has 0 aliphatic rings. The number of benzene rings is 11. The fraction of sp³-hybridized carbons (Fsp3) is 0. The number of aromatic nitrogens is 1. The van der Waals surface area contributed by atoms with Gasteiger partial charge < -0.3 is 13.9 Å². The van der Waals surface area contributed by atoms with E-state index in [1.165, 1.54) is 44.1 Å². The van der Waals surface area contributed by atoms with Crippen molar-refractivity contribution in [2.45, 2.75) is 0 Å². The molecular formula is C66H44N2O. The molecule has 0 radical (unpaired) electrons. The molecule has 3 heteroatoms. The molecule has 0 aliphatic carbocycles. The summed E-state index contributed by atoms with van der Waals surface area (Å²) >= 11 is 0. The van der Waals surface area contributed by atoms with Crippen molar-refractivity contribution in [3.63, 3.8) is 0 Å². The molecule has 13 aromatic rings. The van der Waals surface area contributed by atoms with Crippen molar-refractivity contribution in [2.75, 3.05) is 4.90 Å². The second-order valence-corrected chi connectivity index (χ2v) is 17.6. The van der Waals surface area contributed by atoms with Gasteiger partial charge in [0.1, 0.15) is 11.2 Å². The largest absolute Gasteiger partial charge is 0.455 e. The van der Waals surface area contributed by atoms with E-state index in [2.05, 4.69) is 270 Å². The van der Waals surface area contributed by atoms with Crippen LogP contribution in [0.3, 0.4) is 0 Å². The minimum Gasteiger partial charge on any atom is -0.455 e. The van der Waals surface area contributed by atoms with Gasteiger partial charge in [-0.3, -0.25) is 0 Å². The molecule has 324 valence electrons. The highest BCUT2D eigenvalue weighted by Crippen LogP contribution is 2.46. The molecule has 0 amide bonds. The summed E-state index contributed by atoms with van der Waals surface area (Å²) < 4.78 is 9.08. The molecule has 13 rings (SSSR count). The minimum atomic E-state index is 0.881. The van der Waals surface area contributed by atoms with Crippen molar-refractivity contribution in [1.82, 2.24) is 4.57 Å². The SMILES string of the molecule is c1ccc(-c2ccccc2-c2cccc(N(c3ccc(-c4cccc(-c5ccccc5-n5c6ccccc6c6ccccc65)c4)cc3)c3ccccc3-c3cccc4c3oc3ccccc34)c2)cc1. The number of fused-ring (bicyclic) bond motifs is 6. The zero-order valence-corrected chi connectivity index (χ0v) is 37.7. The van der Waals surface area contributed by atoms with Gasteiger partial charge in [-0.25, -0.2) is 0 Å². The Kier molecular flexibility index (Phi) is 9.84. The molecule has 11 aromatic carbocycles. The zero-order valence-electron chi connectivity index (χ0n) is 37.7. The highest BCUT2D eigenvalue weighted by molar-refractivity contribution is 6.11. The van der Waals surface area contributed by atoms with E-state index < -0.39 is 0 Å². The molecule has 0 N–H and O–H groups in total. The Morgan fingerprint density at radius 1 is 0.290 bits per heavy atom. The first kappa shape index (κ1) is 40.1. The van der Waals surface area contributed by atoms with Gasteiger partial charge in [0.2, 0.25) is 0 Å². The number of hydrogen-bond donors (Lipinski definition) is 0. The van der Waals surface area contributed by atoms with Gasteiger partial charge in [-0.1, -0.05) is 206 Å². The maximum atomic E-state index is 6.67. The van der Waals surface area contributed by atoms with Crippen molar-refractivity contribution in [3.05, 3.63) is 267 Å². The number of hydrogen-bond acceptors (Lipinski definition) is 2. The second kappa shape index (κ2) is 16.9. The van der Waals surface area contributed by atoms with E-state index in [1.807, 2.05) is 6.07 Å². The predicted octanol–water partition coefficient (Wildman–Crippen LogP) is 18.5. The average Bonchev–Trinajstić information content (AvgIpc) is 3.98. The Bertz CT molecular complexity index is 3970. The maximum absolute atomic E-state index is 6.67. The van der Waals surface area contributed by atoms with Crippen molar-refractivity contribution in [3.8, 4) is 61.3 Å². The number of para-hydroxylation sites is 6. The quantitative estimate of drug-likeness (QED) is 0.144. The molecule has 0 atom stereocenters. The monoisotopic (exact) mass is 880 g/mol. The van der Waals surface area contributed by atoms with Gasteiger partial charge in [-0.2, -0.15) is 0 Å². The summed E-state index contributed by atoms with van der Waals surface area (Å²) in [6, 6.07) is 96.0. The Labute approximate surface area is 401 Å². The normalized spacial score (nSPS) is 11.5. The summed E-state index contributed by atoms with van der Waals surface area (Å²) in [5.74, 6) is 0. The van der Waals surface area contributed by atoms with Crippen LogP contribution in [0.1, 0.15) is 0 Å². The van der Waals surface area contributed by atoms with E-state index in [4.69, 9.17) is 4.42 Å². The third-order valence-corrected chi connectivity index (χ3v) is 13.6. The molecule has 0 aliphatic heterocycles. The predicted molar refractivity (Wildman–Crippen MR) is 290 cm³/mol. The van der Waals surface area contributed by atoms with Gasteiger partial charge in [-0.05, 0) is 99.6 Å². The smallest absolute Gasteiger partial charge is 0.143 e. The fourth-order valence-corrected chi connectivity index (χ4v) is 10.5. The van der Waals surface area contributed by atoms with Crippen molar-refractivity contribution >= 4 is 60.8 Å². The molecule has 0 saturated heterocycles. The van der Waals surface area contributed by atoms with Crippen LogP contribution in [0.2, 0.25) is 0 Å². The molecule has 2 aromatic heterocycles. The zero-order chi connectivity index (χ0) is 45.7. The molecular weight excluding hydrogens is 837 g/mol. The molecule has 0 saturated carbocycles. The van der Waals surface area contributed by atoms with Crippen LogP contribution in [0, 0.1) is 0 Å². The Morgan fingerprint density at radius 3 is 1.58 bits per heavy atom.